The van der Waals surface area contributed by atoms with Crippen LogP contribution in [-0.4, -0.2) is 45.6 Å². The van der Waals surface area contributed by atoms with Crippen molar-refractivity contribution in [2.24, 2.45) is 0 Å². The number of ether oxygens (including phenoxy) is 1. The fourth-order valence-electron chi connectivity index (χ4n) is 3.04. The lowest BCUT2D eigenvalue weighted by molar-refractivity contribution is -0.0406. The van der Waals surface area contributed by atoms with Crippen LogP contribution >= 0.6 is 0 Å². The van der Waals surface area contributed by atoms with Gasteiger partial charge >= 0.3 is 0 Å². The van der Waals surface area contributed by atoms with Gasteiger partial charge in [0.05, 0.1) is 30.6 Å². The highest BCUT2D eigenvalue weighted by molar-refractivity contribution is 5.20. The first-order valence-corrected chi connectivity index (χ1v) is 7.79. The molecule has 0 bridgehead atoms. The van der Waals surface area contributed by atoms with Crippen LogP contribution in [0.15, 0.2) is 10.6 Å². The van der Waals surface area contributed by atoms with Crippen molar-refractivity contribution in [1.82, 2.24) is 19.8 Å². The van der Waals surface area contributed by atoms with E-state index in [1.807, 2.05) is 25.5 Å². The molecule has 2 aromatic heterocycles. The average Bonchev–Trinajstić information content (AvgIpc) is 2.95. The van der Waals surface area contributed by atoms with Gasteiger partial charge in [-0.3, -0.25) is 9.58 Å². The van der Waals surface area contributed by atoms with E-state index in [1.165, 1.54) is 11.3 Å². The van der Waals surface area contributed by atoms with E-state index in [1.54, 1.807) is 0 Å². The Balaban J connectivity index is 1.63. The molecule has 1 saturated heterocycles. The molecule has 0 radical (unpaired) electrons. The Labute approximate surface area is 131 Å². The van der Waals surface area contributed by atoms with E-state index >= 15 is 0 Å². The Hall–Kier alpha value is -1.66. The largest absolute Gasteiger partial charge is 0.374 e. The van der Waals surface area contributed by atoms with Gasteiger partial charge in [-0.2, -0.15) is 5.10 Å². The first-order valence-electron chi connectivity index (χ1n) is 7.79. The van der Waals surface area contributed by atoms with Gasteiger partial charge in [0.25, 0.3) is 0 Å². The predicted molar refractivity (Wildman–Crippen MR) is 82.7 cm³/mol. The second-order valence-corrected chi connectivity index (χ2v) is 6.14. The highest BCUT2D eigenvalue weighted by Crippen LogP contribution is 2.18. The molecule has 0 aliphatic carbocycles. The minimum absolute atomic E-state index is 0.173. The lowest BCUT2D eigenvalue weighted by atomic mass is 10.1. The molecule has 120 valence electrons. The summed E-state index contributed by atoms with van der Waals surface area (Å²) >= 11 is 0. The zero-order valence-corrected chi connectivity index (χ0v) is 13.8. The standard InChI is InChI=1S/C16H24N4O2/c1-11-7-12(2)20(17-11)9-15-8-19(5-6-21-15)10-16-13(3)18-22-14(16)4/h7,15H,5-6,8-10H2,1-4H3. The van der Waals surface area contributed by atoms with E-state index in [0.717, 1.165) is 49.9 Å². The predicted octanol–water partition coefficient (Wildman–Crippen LogP) is 2.01. The highest BCUT2D eigenvalue weighted by Gasteiger charge is 2.23. The van der Waals surface area contributed by atoms with Crippen molar-refractivity contribution in [3.05, 3.63) is 34.5 Å². The average molecular weight is 304 g/mol. The van der Waals surface area contributed by atoms with E-state index in [-0.39, 0.29) is 6.10 Å². The van der Waals surface area contributed by atoms with Crippen LogP contribution in [-0.2, 0) is 17.8 Å². The fraction of sp³-hybridized carbons (Fsp3) is 0.625. The number of rotatable bonds is 4. The van der Waals surface area contributed by atoms with Crippen molar-refractivity contribution in [1.29, 1.82) is 0 Å². The summed E-state index contributed by atoms with van der Waals surface area (Å²) in [6.07, 6.45) is 0.173. The summed E-state index contributed by atoms with van der Waals surface area (Å²) in [6, 6.07) is 2.10. The summed E-state index contributed by atoms with van der Waals surface area (Å²) in [5.41, 5.74) is 4.43. The number of hydrogen-bond acceptors (Lipinski definition) is 5. The number of hydrogen-bond donors (Lipinski definition) is 0. The maximum Gasteiger partial charge on any atom is 0.138 e. The van der Waals surface area contributed by atoms with Crippen LogP contribution in [0.1, 0.15) is 28.4 Å². The van der Waals surface area contributed by atoms with Crippen LogP contribution in [0.25, 0.3) is 0 Å². The van der Waals surface area contributed by atoms with Gasteiger partial charge in [0, 0.05) is 30.9 Å². The zero-order valence-electron chi connectivity index (χ0n) is 13.8. The van der Waals surface area contributed by atoms with Gasteiger partial charge in [0.2, 0.25) is 0 Å². The molecule has 0 aromatic carbocycles. The fourth-order valence-corrected chi connectivity index (χ4v) is 3.04. The molecule has 6 nitrogen and oxygen atoms in total. The molecule has 1 fully saturated rings. The first kappa shape index (κ1) is 15.2. The van der Waals surface area contributed by atoms with Gasteiger partial charge in [0.1, 0.15) is 5.76 Å². The van der Waals surface area contributed by atoms with Crippen LogP contribution in [0.3, 0.4) is 0 Å². The molecule has 3 heterocycles. The second-order valence-electron chi connectivity index (χ2n) is 6.14. The topological polar surface area (TPSA) is 56.3 Å². The van der Waals surface area contributed by atoms with E-state index in [0.29, 0.717) is 0 Å². The molecule has 1 unspecified atom stereocenters. The Kier molecular flexibility index (Phi) is 4.31. The Bertz CT molecular complexity index is 627. The van der Waals surface area contributed by atoms with Gasteiger partial charge < -0.3 is 9.26 Å². The number of aromatic nitrogens is 3. The van der Waals surface area contributed by atoms with Crippen molar-refractivity contribution < 1.29 is 9.26 Å². The molecule has 3 rings (SSSR count). The summed E-state index contributed by atoms with van der Waals surface area (Å²) in [5.74, 6) is 0.916. The minimum atomic E-state index is 0.173. The molecule has 1 atom stereocenters. The molecule has 0 N–H and O–H groups in total. The van der Waals surface area contributed by atoms with Gasteiger partial charge in [-0.25, -0.2) is 0 Å². The number of morpholine rings is 1. The monoisotopic (exact) mass is 304 g/mol. The molecule has 1 aliphatic heterocycles. The normalized spacial score (nSPS) is 19.7. The van der Waals surface area contributed by atoms with Gasteiger partial charge in [-0.1, -0.05) is 5.16 Å². The van der Waals surface area contributed by atoms with Crippen LogP contribution in [0.4, 0.5) is 0 Å². The molecule has 6 heteroatoms. The molecule has 0 spiro atoms. The molecular formula is C16H24N4O2. The minimum Gasteiger partial charge on any atom is -0.374 e. The lowest BCUT2D eigenvalue weighted by Crippen LogP contribution is -2.44. The SMILES string of the molecule is Cc1cc(C)n(CC2CN(Cc3c(C)noc3C)CCO2)n1. The molecule has 0 saturated carbocycles. The number of aryl methyl sites for hydroxylation is 4. The van der Waals surface area contributed by atoms with Crippen molar-refractivity contribution in [2.75, 3.05) is 19.7 Å². The van der Waals surface area contributed by atoms with Crippen LogP contribution in [0.2, 0.25) is 0 Å². The smallest absolute Gasteiger partial charge is 0.138 e. The molecular weight excluding hydrogens is 280 g/mol. The van der Waals surface area contributed by atoms with Crippen LogP contribution < -0.4 is 0 Å². The van der Waals surface area contributed by atoms with E-state index < -0.39 is 0 Å². The Morgan fingerprint density at radius 2 is 2.09 bits per heavy atom. The summed E-state index contributed by atoms with van der Waals surface area (Å²) in [5, 5.41) is 8.56. The molecule has 0 amide bonds. The van der Waals surface area contributed by atoms with E-state index in [2.05, 4.69) is 28.1 Å². The third-order valence-corrected chi connectivity index (χ3v) is 4.27. The zero-order chi connectivity index (χ0) is 15.7. The van der Waals surface area contributed by atoms with Crippen molar-refractivity contribution in [2.45, 2.75) is 46.9 Å². The quantitative estimate of drug-likeness (QED) is 0.865. The van der Waals surface area contributed by atoms with Gasteiger partial charge in [0.15, 0.2) is 0 Å². The lowest BCUT2D eigenvalue weighted by Gasteiger charge is -2.33. The molecule has 2 aromatic rings. The molecule has 1 aliphatic rings. The Morgan fingerprint density at radius 3 is 2.73 bits per heavy atom. The van der Waals surface area contributed by atoms with Crippen molar-refractivity contribution >= 4 is 0 Å². The summed E-state index contributed by atoms with van der Waals surface area (Å²) in [6.45, 7) is 12.4. The second kappa shape index (κ2) is 6.22. The van der Waals surface area contributed by atoms with Gasteiger partial charge in [-0.05, 0) is 33.8 Å². The third-order valence-electron chi connectivity index (χ3n) is 4.27. The van der Waals surface area contributed by atoms with Crippen molar-refractivity contribution in [3.8, 4) is 0 Å². The highest BCUT2D eigenvalue weighted by atomic mass is 16.5. The van der Waals surface area contributed by atoms with Crippen LogP contribution in [0, 0.1) is 27.7 Å². The summed E-state index contributed by atoms with van der Waals surface area (Å²) < 4.78 is 13.2. The van der Waals surface area contributed by atoms with Crippen molar-refractivity contribution in [3.63, 3.8) is 0 Å². The van der Waals surface area contributed by atoms with Gasteiger partial charge in [-0.15, -0.1) is 0 Å². The maximum absolute atomic E-state index is 5.91. The Morgan fingerprint density at radius 1 is 1.27 bits per heavy atom. The van der Waals surface area contributed by atoms with Crippen LogP contribution in [0.5, 0.6) is 0 Å². The molecule has 22 heavy (non-hydrogen) atoms. The number of nitrogens with zero attached hydrogens (tertiary/aromatic N) is 4. The van der Waals surface area contributed by atoms with E-state index in [9.17, 15) is 0 Å². The summed E-state index contributed by atoms with van der Waals surface area (Å²) in [4.78, 5) is 2.41. The third kappa shape index (κ3) is 3.23. The summed E-state index contributed by atoms with van der Waals surface area (Å²) in [7, 11) is 0. The first-order chi connectivity index (χ1) is 10.5. The van der Waals surface area contributed by atoms with E-state index in [4.69, 9.17) is 9.26 Å². The maximum atomic E-state index is 5.91.